The Kier molecular flexibility index (Phi) is 6.30. The number of H-pyrrole nitrogens is 2. The molecule has 0 radical (unpaired) electrons. The monoisotopic (exact) mass is 408 g/mol. The Morgan fingerprint density at radius 1 is 0.700 bits per heavy atom. The van der Waals surface area contributed by atoms with E-state index in [9.17, 15) is 19.8 Å². The summed E-state index contributed by atoms with van der Waals surface area (Å²) in [6.07, 6.45) is 2.56. The highest BCUT2D eigenvalue weighted by Gasteiger charge is 2.12. The number of hydrogen-bond donors (Lipinski definition) is 6. The molecule has 0 unspecified atom stereocenters. The summed E-state index contributed by atoms with van der Waals surface area (Å²) >= 11 is 0. The third-order valence-electron chi connectivity index (χ3n) is 3.59. The molecule has 0 saturated carbocycles. The second-order valence-corrected chi connectivity index (χ2v) is 5.61. The van der Waals surface area contributed by atoms with Crippen LogP contribution >= 0.6 is 0 Å². The summed E-state index contributed by atoms with van der Waals surface area (Å²) in [6.45, 7) is 0. The molecule has 0 spiro atoms. The van der Waals surface area contributed by atoms with Gasteiger partial charge in [-0.05, 0) is 24.3 Å². The summed E-state index contributed by atoms with van der Waals surface area (Å²) in [4.78, 5) is 30.6. The van der Waals surface area contributed by atoms with Gasteiger partial charge in [0.25, 0.3) is 11.8 Å². The number of phenolic OH excluding ortho intramolecular Hbond substituents is 2. The Bertz CT molecular complexity index is 1020. The number of rotatable bonds is 4. The van der Waals surface area contributed by atoms with Crippen molar-refractivity contribution in [2.45, 2.75) is 0 Å². The predicted octanol–water partition coefficient (Wildman–Crippen LogP) is 1.53. The summed E-state index contributed by atoms with van der Waals surface area (Å²) in [5.74, 6) is -0.551. The van der Waals surface area contributed by atoms with Gasteiger partial charge < -0.3 is 10.2 Å². The fraction of sp³-hybridized carbons (Fsp3) is 0. The van der Waals surface area contributed by atoms with Gasteiger partial charge in [-0.15, -0.1) is 0 Å². The molecule has 2 aromatic carbocycles. The minimum Gasteiger partial charge on any atom is -0.507 e. The van der Waals surface area contributed by atoms with Crippen LogP contribution in [-0.4, -0.2) is 52.4 Å². The zero-order chi connectivity index (χ0) is 21.3. The van der Waals surface area contributed by atoms with Gasteiger partial charge in [-0.3, -0.25) is 20.2 Å². The van der Waals surface area contributed by atoms with Crippen LogP contribution in [0.3, 0.4) is 0 Å². The van der Waals surface area contributed by atoms with Gasteiger partial charge in [0, 0.05) is 0 Å². The van der Waals surface area contributed by atoms with Gasteiger partial charge >= 0.3 is 0 Å². The van der Waals surface area contributed by atoms with E-state index in [2.05, 4.69) is 41.0 Å². The minimum atomic E-state index is -0.440. The van der Waals surface area contributed by atoms with Crippen LogP contribution in [0.15, 0.2) is 61.2 Å². The highest BCUT2D eigenvalue weighted by molar-refractivity contribution is 6.05. The van der Waals surface area contributed by atoms with Crippen LogP contribution < -0.4 is 10.6 Å². The molecular formula is C18H16N8O4. The van der Waals surface area contributed by atoms with E-state index in [4.69, 9.17) is 0 Å². The number of aromatic nitrogens is 6. The number of para-hydroxylation sites is 2. The lowest BCUT2D eigenvalue weighted by Crippen LogP contribution is -2.13. The maximum atomic E-state index is 11.6. The van der Waals surface area contributed by atoms with E-state index in [0.29, 0.717) is 0 Å². The zero-order valence-electron chi connectivity index (χ0n) is 15.3. The molecule has 12 heteroatoms. The van der Waals surface area contributed by atoms with Crippen molar-refractivity contribution >= 4 is 23.7 Å². The number of anilines is 2. The lowest BCUT2D eigenvalue weighted by molar-refractivity contribution is 0.101. The number of aromatic hydroxyl groups is 2. The molecule has 0 bridgehead atoms. The Hall–Kier alpha value is -4.74. The van der Waals surface area contributed by atoms with Crippen LogP contribution in [-0.2, 0) is 0 Å². The van der Waals surface area contributed by atoms with Crippen LogP contribution in [0.25, 0.3) is 0 Å². The van der Waals surface area contributed by atoms with Gasteiger partial charge in [0.2, 0.25) is 11.9 Å². The number of carbonyl (C=O) groups is 2. The largest absolute Gasteiger partial charge is 0.507 e. The van der Waals surface area contributed by atoms with Crippen molar-refractivity contribution < 1.29 is 19.8 Å². The summed E-state index contributed by atoms with van der Waals surface area (Å²) in [7, 11) is 0. The molecule has 0 aliphatic heterocycles. The number of phenols is 2. The van der Waals surface area contributed by atoms with Crippen molar-refractivity contribution in [1.29, 1.82) is 0 Å². The second-order valence-electron chi connectivity index (χ2n) is 5.61. The summed E-state index contributed by atoms with van der Waals surface area (Å²) in [6, 6.07) is 12.5. The first-order valence-electron chi connectivity index (χ1n) is 8.44. The van der Waals surface area contributed by atoms with Gasteiger partial charge in [-0.2, -0.15) is 20.2 Å². The third-order valence-corrected chi connectivity index (χ3v) is 3.59. The topological polar surface area (TPSA) is 182 Å². The third kappa shape index (κ3) is 5.16. The molecule has 2 amide bonds. The summed E-state index contributed by atoms with van der Waals surface area (Å²) in [5.41, 5.74) is 0.378. The first-order chi connectivity index (χ1) is 14.5. The van der Waals surface area contributed by atoms with Gasteiger partial charge in [0.1, 0.15) is 24.2 Å². The fourth-order valence-electron chi connectivity index (χ4n) is 2.21. The quantitative estimate of drug-likeness (QED) is 0.294. The molecule has 0 atom stereocenters. The first-order valence-corrected chi connectivity index (χ1v) is 8.44. The predicted molar refractivity (Wildman–Crippen MR) is 105 cm³/mol. The Labute approximate surface area is 169 Å². The Morgan fingerprint density at radius 2 is 1.10 bits per heavy atom. The van der Waals surface area contributed by atoms with Gasteiger partial charge in [-0.1, -0.05) is 24.3 Å². The number of hydrogen-bond acceptors (Lipinski definition) is 8. The van der Waals surface area contributed by atoms with Crippen LogP contribution in [0, 0.1) is 0 Å². The number of benzene rings is 2. The van der Waals surface area contributed by atoms with Crippen LogP contribution in [0.2, 0.25) is 0 Å². The maximum absolute atomic E-state index is 11.6. The lowest BCUT2D eigenvalue weighted by atomic mass is 10.2. The second kappa shape index (κ2) is 9.45. The van der Waals surface area contributed by atoms with E-state index in [1.165, 1.54) is 36.9 Å². The minimum absolute atomic E-state index is 0.0745. The zero-order valence-corrected chi connectivity index (χ0v) is 15.3. The number of nitrogens with one attached hydrogen (secondary N) is 4. The SMILES string of the molecule is O=C(Nc1ncn[nH]1)c1ccccc1O.O=C(Nc1ncn[nH]1)c1ccccc1O. The number of nitrogens with zero attached hydrogens (tertiary/aromatic N) is 4. The molecule has 4 rings (SSSR count). The van der Waals surface area contributed by atoms with E-state index in [0.717, 1.165) is 0 Å². The van der Waals surface area contributed by atoms with Crippen molar-refractivity contribution in [3.05, 3.63) is 72.3 Å². The van der Waals surface area contributed by atoms with Crippen LogP contribution in [0.4, 0.5) is 11.9 Å². The lowest BCUT2D eigenvalue weighted by Gasteiger charge is -2.02. The van der Waals surface area contributed by atoms with E-state index >= 15 is 0 Å². The van der Waals surface area contributed by atoms with E-state index in [-0.39, 0.29) is 34.5 Å². The van der Waals surface area contributed by atoms with E-state index in [1.807, 2.05) is 0 Å². The van der Waals surface area contributed by atoms with Crippen molar-refractivity contribution in [2.24, 2.45) is 0 Å². The molecular weight excluding hydrogens is 392 g/mol. The molecule has 152 valence electrons. The normalized spacial score (nSPS) is 9.87. The van der Waals surface area contributed by atoms with Gasteiger partial charge in [-0.25, -0.2) is 10.2 Å². The number of aromatic amines is 2. The highest BCUT2D eigenvalue weighted by atomic mass is 16.3. The molecule has 0 saturated heterocycles. The van der Waals surface area contributed by atoms with Crippen molar-refractivity contribution in [3.63, 3.8) is 0 Å². The molecule has 0 aliphatic rings. The number of carbonyl (C=O) groups excluding carboxylic acids is 2. The highest BCUT2D eigenvalue weighted by Crippen LogP contribution is 2.17. The van der Waals surface area contributed by atoms with E-state index in [1.54, 1.807) is 24.3 Å². The maximum Gasteiger partial charge on any atom is 0.261 e. The molecule has 4 aromatic rings. The first kappa shape index (κ1) is 20.0. The average Bonchev–Trinajstić information content (AvgIpc) is 3.43. The molecule has 6 N–H and O–H groups in total. The number of amides is 2. The fourth-order valence-corrected chi connectivity index (χ4v) is 2.21. The summed E-state index contributed by atoms with van der Waals surface area (Å²) in [5, 5.41) is 35.8. The Balaban J connectivity index is 0.000000171. The van der Waals surface area contributed by atoms with Gasteiger partial charge in [0.15, 0.2) is 0 Å². The molecule has 12 nitrogen and oxygen atoms in total. The van der Waals surface area contributed by atoms with Crippen molar-refractivity contribution in [1.82, 2.24) is 30.4 Å². The average molecular weight is 408 g/mol. The van der Waals surface area contributed by atoms with Crippen LogP contribution in [0.5, 0.6) is 11.5 Å². The molecule has 0 fully saturated rings. The molecule has 0 aliphatic carbocycles. The Morgan fingerprint density at radius 3 is 1.43 bits per heavy atom. The smallest absolute Gasteiger partial charge is 0.261 e. The molecule has 2 heterocycles. The van der Waals surface area contributed by atoms with Gasteiger partial charge in [0.05, 0.1) is 11.1 Å². The summed E-state index contributed by atoms with van der Waals surface area (Å²) < 4.78 is 0. The van der Waals surface area contributed by atoms with E-state index < -0.39 is 11.8 Å². The van der Waals surface area contributed by atoms with Crippen molar-refractivity contribution in [2.75, 3.05) is 10.6 Å². The van der Waals surface area contributed by atoms with Crippen molar-refractivity contribution in [3.8, 4) is 11.5 Å². The molecule has 30 heavy (non-hydrogen) atoms. The molecule has 2 aromatic heterocycles. The standard InChI is InChI=1S/2C9H8N4O2/c2*14-7-4-2-1-3-6(7)8(15)12-9-10-5-11-13-9/h2*1-5,14H,(H2,10,11,12,13,15). The van der Waals surface area contributed by atoms with Crippen LogP contribution in [0.1, 0.15) is 20.7 Å².